The topological polar surface area (TPSA) is 99.3 Å². The minimum atomic E-state index is -3.82. The first-order valence-electron chi connectivity index (χ1n) is 5.89. The number of sulfonamides is 1. The SMILES string of the molecule is CC(O)c1ccccc1NS(=O)(=O)c1ccc(=O)[nH]c1. The first-order valence-corrected chi connectivity index (χ1v) is 7.37. The molecular formula is C13H14N2O4S. The zero-order valence-corrected chi connectivity index (χ0v) is 11.5. The van der Waals surface area contributed by atoms with Gasteiger partial charge < -0.3 is 10.1 Å². The van der Waals surface area contributed by atoms with Crippen LogP contribution in [0.25, 0.3) is 0 Å². The van der Waals surface area contributed by atoms with E-state index in [4.69, 9.17) is 0 Å². The summed E-state index contributed by atoms with van der Waals surface area (Å²) in [5.41, 5.74) is 0.391. The van der Waals surface area contributed by atoms with E-state index in [0.29, 0.717) is 11.3 Å². The number of benzene rings is 1. The van der Waals surface area contributed by atoms with Gasteiger partial charge in [-0.2, -0.15) is 0 Å². The van der Waals surface area contributed by atoms with Crippen LogP contribution in [0.4, 0.5) is 5.69 Å². The van der Waals surface area contributed by atoms with Crippen molar-refractivity contribution in [3.63, 3.8) is 0 Å². The van der Waals surface area contributed by atoms with Gasteiger partial charge >= 0.3 is 0 Å². The lowest BCUT2D eigenvalue weighted by Gasteiger charge is -2.14. The highest BCUT2D eigenvalue weighted by molar-refractivity contribution is 7.92. The maximum Gasteiger partial charge on any atom is 0.263 e. The Bertz CT molecular complexity index is 745. The Morgan fingerprint density at radius 1 is 1.20 bits per heavy atom. The van der Waals surface area contributed by atoms with Gasteiger partial charge in [0.25, 0.3) is 10.0 Å². The number of nitrogens with one attached hydrogen (secondary N) is 2. The Kier molecular flexibility index (Phi) is 3.91. The van der Waals surface area contributed by atoms with Gasteiger partial charge in [0.05, 0.1) is 11.8 Å². The second-order valence-electron chi connectivity index (χ2n) is 4.26. The number of aromatic nitrogens is 1. The van der Waals surface area contributed by atoms with E-state index in [1.807, 2.05) is 0 Å². The predicted octanol–water partition coefficient (Wildman–Crippen LogP) is 1.23. The molecule has 1 aromatic heterocycles. The second-order valence-corrected chi connectivity index (χ2v) is 5.94. The molecule has 6 nitrogen and oxygen atoms in total. The number of pyridine rings is 1. The lowest BCUT2D eigenvalue weighted by Crippen LogP contribution is -2.16. The van der Waals surface area contributed by atoms with E-state index in [0.717, 1.165) is 12.3 Å². The number of aromatic amines is 1. The number of hydrogen-bond donors (Lipinski definition) is 3. The van der Waals surface area contributed by atoms with Crippen molar-refractivity contribution in [2.45, 2.75) is 17.9 Å². The maximum absolute atomic E-state index is 12.2. The molecule has 3 N–H and O–H groups in total. The molecule has 2 aromatic rings. The Balaban J connectivity index is 2.38. The zero-order valence-electron chi connectivity index (χ0n) is 10.7. The first-order chi connectivity index (χ1) is 9.40. The molecule has 2 rings (SSSR count). The Hall–Kier alpha value is -2.12. The van der Waals surface area contributed by atoms with Crippen molar-refractivity contribution in [2.75, 3.05) is 4.72 Å². The van der Waals surface area contributed by atoms with E-state index in [1.165, 1.54) is 6.07 Å². The van der Waals surface area contributed by atoms with Crippen LogP contribution in [-0.4, -0.2) is 18.5 Å². The molecule has 0 radical (unpaired) electrons. The Morgan fingerprint density at radius 2 is 1.90 bits per heavy atom. The monoisotopic (exact) mass is 294 g/mol. The molecule has 1 unspecified atom stereocenters. The smallest absolute Gasteiger partial charge is 0.263 e. The number of para-hydroxylation sites is 1. The molecule has 1 aromatic carbocycles. The standard InChI is InChI=1S/C13H14N2O4S/c1-9(16)11-4-2-3-5-12(11)15-20(18,19)10-6-7-13(17)14-8-10/h2-9,15-16H,1H3,(H,14,17). The van der Waals surface area contributed by atoms with Crippen molar-refractivity contribution < 1.29 is 13.5 Å². The molecule has 0 saturated carbocycles. The number of hydrogen-bond acceptors (Lipinski definition) is 4. The van der Waals surface area contributed by atoms with Crippen molar-refractivity contribution in [2.24, 2.45) is 0 Å². The number of anilines is 1. The molecule has 0 aliphatic carbocycles. The summed E-state index contributed by atoms with van der Waals surface area (Å²) in [6, 6.07) is 8.92. The van der Waals surface area contributed by atoms with E-state index in [9.17, 15) is 18.3 Å². The number of H-pyrrole nitrogens is 1. The largest absolute Gasteiger partial charge is 0.389 e. The highest BCUT2D eigenvalue weighted by Gasteiger charge is 2.17. The quantitative estimate of drug-likeness (QED) is 0.789. The molecule has 0 aliphatic heterocycles. The maximum atomic E-state index is 12.2. The molecule has 20 heavy (non-hydrogen) atoms. The van der Waals surface area contributed by atoms with Crippen molar-refractivity contribution in [1.29, 1.82) is 0 Å². The fourth-order valence-corrected chi connectivity index (χ4v) is 2.78. The van der Waals surface area contributed by atoms with Crippen LogP contribution in [0.15, 0.2) is 52.3 Å². The molecule has 0 amide bonds. The lowest BCUT2D eigenvalue weighted by molar-refractivity contribution is 0.200. The van der Waals surface area contributed by atoms with Crippen LogP contribution in [0.5, 0.6) is 0 Å². The van der Waals surface area contributed by atoms with Gasteiger partial charge in [-0.15, -0.1) is 0 Å². The molecule has 1 atom stereocenters. The molecule has 7 heteroatoms. The number of rotatable bonds is 4. The van der Waals surface area contributed by atoms with Crippen molar-refractivity contribution in [1.82, 2.24) is 4.98 Å². The van der Waals surface area contributed by atoms with Crippen molar-refractivity contribution in [3.05, 3.63) is 58.5 Å². The van der Waals surface area contributed by atoms with Gasteiger partial charge in [0.1, 0.15) is 4.90 Å². The fourth-order valence-electron chi connectivity index (χ4n) is 1.72. The van der Waals surface area contributed by atoms with E-state index >= 15 is 0 Å². The summed E-state index contributed by atoms with van der Waals surface area (Å²) in [6.45, 7) is 1.55. The van der Waals surface area contributed by atoms with Gasteiger partial charge in [-0.25, -0.2) is 8.42 Å². The van der Waals surface area contributed by atoms with Gasteiger partial charge in [0.15, 0.2) is 0 Å². The molecule has 0 saturated heterocycles. The van der Waals surface area contributed by atoms with E-state index in [2.05, 4.69) is 9.71 Å². The van der Waals surface area contributed by atoms with Gasteiger partial charge in [-0.1, -0.05) is 18.2 Å². The summed E-state index contributed by atoms with van der Waals surface area (Å²) in [4.78, 5) is 13.2. The molecule has 1 heterocycles. The summed E-state index contributed by atoms with van der Waals surface area (Å²) < 4.78 is 26.7. The summed E-state index contributed by atoms with van der Waals surface area (Å²) in [5, 5.41) is 9.63. The minimum Gasteiger partial charge on any atom is -0.389 e. The third-order valence-corrected chi connectivity index (χ3v) is 4.08. The van der Waals surface area contributed by atoms with Gasteiger partial charge in [0.2, 0.25) is 5.56 Å². The van der Waals surface area contributed by atoms with E-state index in [1.54, 1.807) is 31.2 Å². The minimum absolute atomic E-state index is 0.0579. The average molecular weight is 294 g/mol. The van der Waals surface area contributed by atoms with Crippen LogP contribution < -0.4 is 10.3 Å². The number of aliphatic hydroxyl groups is 1. The van der Waals surface area contributed by atoms with E-state index in [-0.39, 0.29) is 10.5 Å². The highest BCUT2D eigenvalue weighted by atomic mass is 32.2. The third kappa shape index (κ3) is 3.06. The lowest BCUT2D eigenvalue weighted by atomic mass is 10.1. The van der Waals surface area contributed by atoms with Gasteiger partial charge in [0, 0.05) is 17.8 Å². The molecule has 0 fully saturated rings. The Morgan fingerprint density at radius 3 is 2.50 bits per heavy atom. The molecule has 0 spiro atoms. The Labute approximate surface area is 116 Å². The first kappa shape index (κ1) is 14.3. The molecule has 0 aliphatic rings. The summed E-state index contributed by atoms with van der Waals surface area (Å²) in [7, 11) is -3.82. The van der Waals surface area contributed by atoms with Crippen LogP contribution in [0.2, 0.25) is 0 Å². The third-order valence-electron chi connectivity index (χ3n) is 2.72. The average Bonchev–Trinajstić information content (AvgIpc) is 2.39. The molecular weight excluding hydrogens is 280 g/mol. The van der Waals surface area contributed by atoms with Gasteiger partial charge in [-0.05, 0) is 19.1 Å². The van der Waals surface area contributed by atoms with Gasteiger partial charge in [-0.3, -0.25) is 9.52 Å². The van der Waals surface area contributed by atoms with Crippen LogP contribution >= 0.6 is 0 Å². The molecule has 106 valence electrons. The van der Waals surface area contributed by atoms with Crippen LogP contribution in [-0.2, 0) is 10.0 Å². The highest BCUT2D eigenvalue weighted by Crippen LogP contribution is 2.24. The van der Waals surface area contributed by atoms with Crippen molar-refractivity contribution in [3.8, 4) is 0 Å². The molecule has 0 bridgehead atoms. The number of aliphatic hydroxyl groups excluding tert-OH is 1. The predicted molar refractivity (Wildman–Crippen MR) is 74.9 cm³/mol. The van der Waals surface area contributed by atoms with Crippen molar-refractivity contribution >= 4 is 15.7 Å². The second kappa shape index (κ2) is 5.48. The van der Waals surface area contributed by atoms with Crippen LogP contribution in [0.3, 0.4) is 0 Å². The van der Waals surface area contributed by atoms with Crippen LogP contribution in [0.1, 0.15) is 18.6 Å². The van der Waals surface area contributed by atoms with Crippen LogP contribution in [0, 0.1) is 0 Å². The summed E-state index contributed by atoms with van der Waals surface area (Å²) >= 11 is 0. The summed E-state index contributed by atoms with van der Waals surface area (Å²) in [6.07, 6.45) is 0.319. The summed E-state index contributed by atoms with van der Waals surface area (Å²) in [5.74, 6) is 0. The zero-order chi connectivity index (χ0) is 14.8. The fraction of sp³-hybridized carbons (Fsp3) is 0.154. The normalized spacial score (nSPS) is 12.9. The van der Waals surface area contributed by atoms with E-state index < -0.39 is 16.1 Å².